The predicted molar refractivity (Wildman–Crippen MR) is 153 cm³/mol. The first-order valence-corrected chi connectivity index (χ1v) is 16.9. The maximum Gasteiger partial charge on any atom is 0.417 e. The molecule has 1 amide bonds. The summed E-state index contributed by atoms with van der Waals surface area (Å²) < 4.78 is 94.7. The molecule has 1 saturated carbocycles. The topological polar surface area (TPSA) is 96.4 Å². The Kier molecular flexibility index (Phi) is 7.57. The maximum atomic E-state index is 14.1. The summed E-state index contributed by atoms with van der Waals surface area (Å²) in [7, 11) is -5.17. The van der Waals surface area contributed by atoms with Crippen LogP contribution < -0.4 is 9.62 Å². The Morgan fingerprint density at radius 1 is 1.09 bits per heavy atom. The quantitative estimate of drug-likeness (QED) is 0.350. The van der Waals surface area contributed by atoms with Crippen LogP contribution in [0.15, 0.2) is 59.6 Å². The van der Waals surface area contributed by atoms with Crippen molar-refractivity contribution in [2.45, 2.75) is 54.8 Å². The molecule has 1 saturated heterocycles. The van der Waals surface area contributed by atoms with Crippen LogP contribution >= 0.6 is 11.6 Å². The monoisotopic (exact) mass is 655 g/mol. The molecule has 1 spiro atoms. The number of aromatic nitrogens is 1. The summed E-state index contributed by atoms with van der Waals surface area (Å²) in [5.41, 5.74) is -0.297. The van der Waals surface area contributed by atoms with E-state index < -0.39 is 55.7 Å². The zero-order valence-electron chi connectivity index (χ0n) is 22.5. The Morgan fingerprint density at radius 2 is 1.77 bits per heavy atom. The zero-order valence-corrected chi connectivity index (χ0v) is 24.9. The van der Waals surface area contributed by atoms with Crippen molar-refractivity contribution in [2.24, 2.45) is 5.92 Å². The number of fused-ring (bicyclic) bond motifs is 2. The Bertz CT molecular complexity index is 1720. The number of pyridine rings is 1. The molecule has 1 unspecified atom stereocenters. The van der Waals surface area contributed by atoms with Crippen LogP contribution in [-0.4, -0.2) is 41.1 Å². The van der Waals surface area contributed by atoms with E-state index in [2.05, 4.69) is 10.3 Å². The summed E-state index contributed by atoms with van der Waals surface area (Å²) in [5, 5.41) is 2.40. The molecule has 7 nitrogen and oxygen atoms in total. The molecule has 1 aliphatic carbocycles. The van der Waals surface area contributed by atoms with Crippen LogP contribution in [0.25, 0.3) is 0 Å². The first-order chi connectivity index (χ1) is 20.3. The lowest BCUT2D eigenvalue weighted by atomic mass is 9.70. The number of nitrogens with zero attached hydrogens (tertiary/aromatic N) is 2. The summed E-state index contributed by atoms with van der Waals surface area (Å²) in [6.45, 7) is -0.229. The van der Waals surface area contributed by atoms with Crippen molar-refractivity contribution in [1.29, 1.82) is 0 Å². The summed E-state index contributed by atoms with van der Waals surface area (Å²) in [6, 6.07) is 9.70. The highest BCUT2D eigenvalue weighted by atomic mass is 35.5. The average Bonchev–Trinajstić information content (AvgIpc) is 3.76. The van der Waals surface area contributed by atoms with Gasteiger partial charge in [0.25, 0.3) is 15.9 Å². The van der Waals surface area contributed by atoms with Crippen molar-refractivity contribution in [1.82, 2.24) is 10.3 Å². The molecule has 3 aliphatic rings. The van der Waals surface area contributed by atoms with E-state index in [1.165, 1.54) is 22.5 Å². The molecule has 0 bridgehead atoms. The first-order valence-electron chi connectivity index (χ1n) is 13.6. The molecule has 2 aliphatic heterocycles. The Hall–Kier alpha value is -3.03. The number of sulfonamides is 1. The van der Waals surface area contributed by atoms with Gasteiger partial charge in [0.05, 0.1) is 39.4 Å². The van der Waals surface area contributed by atoms with E-state index in [0.717, 1.165) is 31.0 Å². The van der Waals surface area contributed by atoms with Gasteiger partial charge in [-0.2, -0.15) is 13.2 Å². The molecule has 43 heavy (non-hydrogen) atoms. The van der Waals surface area contributed by atoms with E-state index in [0.29, 0.717) is 41.8 Å². The SMILES string of the molecule is O=C(NCc1ncc(C(F)(F)F)cc1Cl)c1ccc2c(c1)C1(CCS(=O)CC1)C(C1CC1)N2S(=O)(=O)c1ccc(F)cc1. The lowest BCUT2D eigenvalue weighted by Crippen LogP contribution is -2.51. The van der Waals surface area contributed by atoms with Gasteiger partial charge in [0, 0.05) is 39.5 Å². The summed E-state index contributed by atoms with van der Waals surface area (Å²) in [6.07, 6.45) is -1.37. The molecule has 2 fully saturated rings. The molecule has 3 heterocycles. The lowest BCUT2D eigenvalue weighted by molar-refractivity contribution is -0.137. The molecular weight excluding hydrogens is 630 g/mol. The predicted octanol–water partition coefficient (Wildman–Crippen LogP) is 5.59. The van der Waals surface area contributed by atoms with Gasteiger partial charge >= 0.3 is 6.18 Å². The van der Waals surface area contributed by atoms with E-state index in [9.17, 15) is 35.0 Å². The average molecular weight is 656 g/mol. The number of carbonyl (C=O) groups excluding carboxylic acids is 1. The van der Waals surface area contributed by atoms with Gasteiger partial charge < -0.3 is 5.32 Å². The van der Waals surface area contributed by atoms with Gasteiger partial charge in [0.15, 0.2) is 0 Å². The van der Waals surface area contributed by atoms with Gasteiger partial charge in [0.1, 0.15) is 5.82 Å². The van der Waals surface area contributed by atoms with E-state index in [1.54, 1.807) is 12.1 Å². The summed E-state index contributed by atoms with van der Waals surface area (Å²) >= 11 is 6.00. The fourth-order valence-corrected chi connectivity index (χ4v) is 9.68. The van der Waals surface area contributed by atoms with Gasteiger partial charge in [-0.1, -0.05) is 11.6 Å². The minimum atomic E-state index is -4.61. The number of hydrogen-bond donors (Lipinski definition) is 1. The minimum Gasteiger partial charge on any atom is -0.346 e. The maximum absolute atomic E-state index is 14.1. The van der Waals surface area contributed by atoms with E-state index in [-0.39, 0.29) is 33.6 Å². The first kappa shape index (κ1) is 30.0. The molecule has 3 aromatic rings. The number of halogens is 5. The van der Waals surface area contributed by atoms with E-state index in [4.69, 9.17) is 11.6 Å². The number of alkyl halides is 3. The molecule has 6 rings (SSSR count). The highest BCUT2D eigenvalue weighted by molar-refractivity contribution is 7.93. The van der Waals surface area contributed by atoms with Crippen LogP contribution in [0.5, 0.6) is 0 Å². The fourth-order valence-electron chi connectivity index (χ4n) is 6.26. The van der Waals surface area contributed by atoms with E-state index >= 15 is 0 Å². The molecule has 0 radical (unpaired) electrons. The van der Waals surface area contributed by atoms with Crippen LogP contribution in [0.2, 0.25) is 5.02 Å². The van der Waals surface area contributed by atoms with Crippen molar-refractivity contribution in [2.75, 3.05) is 15.8 Å². The van der Waals surface area contributed by atoms with Crippen LogP contribution in [0.1, 0.15) is 52.9 Å². The third-order valence-corrected chi connectivity index (χ3v) is 12.0. The Labute approximate surface area is 253 Å². The van der Waals surface area contributed by atoms with Gasteiger partial charge in [-0.15, -0.1) is 0 Å². The van der Waals surface area contributed by atoms with Crippen molar-refractivity contribution in [3.05, 3.63) is 88.0 Å². The minimum absolute atomic E-state index is 0.0512. The smallest absolute Gasteiger partial charge is 0.346 e. The number of rotatable bonds is 6. The van der Waals surface area contributed by atoms with Crippen molar-refractivity contribution < 1.29 is 35.0 Å². The molecule has 1 N–H and O–H groups in total. The highest BCUT2D eigenvalue weighted by Crippen LogP contribution is 2.59. The van der Waals surface area contributed by atoms with E-state index in [1.807, 2.05) is 0 Å². The second-order valence-electron chi connectivity index (χ2n) is 11.1. The third kappa shape index (κ3) is 5.44. The molecule has 228 valence electrons. The fraction of sp³-hybridized carbons (Fsp3) is 0.379. The van der Waals surface area contributed by atoms with Gasteiger partial charge in [-0.05, 0) is 85.7 Å². The molecule has 14 heteroatoms. The normalized spacial score (nSPS) is 23.8. The number of anilines is 1. The van der Waals surface area contributed by atoms with Gasteiger partial charge in [-0.25, -0.2) is 12.8 Å². The van der Waals surface area contributed by atoms with Crippen LogP contribution in [0.4, 0.5) is 23.2 Å². The summed E-state index contributed by atoms with van der Waals surface area (Å²) in [4.78, 5) is 17.0. The van der Waals surface area contributed by atoms with Gasteiger partial charge in [0.2, 0.25) is 0 Å². The Morgan fingerprint density at radius 3 is 2.37 bits per heavy atom. The van der Waals surface area contributed by atoms with Crippen LogP contribution in [0, 0.1) is 11.7 Å². The lowest BCUT2D eigenvalue weighted by Gasteiger charge is -2.41. The highest BCUT2D eigenvalue weighted by Gasteiger charge is 2.60. The van der Waals surface area contributed by atoms with Crippen molar-refractivity contribution in [3.63, 3.8) is 0 Å². The number of carbonyl (C=O) groups is 1. The zero-order chi connectivity index (χ0) is 30.7. The van der Waals surface area contributed by atoms with Crippen LogP contribution in [0.3, 0.4) is 0 Å². The molecule has 1 atom stereocenters. The van der Waals surface area contributed by atoms with Crippen molar-refractivity contribution in [3.8, 4) is 0 Å². The number of nitrogens with one attached hydrogen (secondary N) is 1. The second-order valence-corrected chi connectivity index (χ2v) is 15.0. The number of benzene rings is 2. The number of amides is 1. The molecule has 2 aromatic carbocycles. The van der Waals surface area contributed by atoms with Gasteiger partial charge in [-0.3, -0.25) is 18.3 Å². The standard InChI is InChI=1S/C29H26ClF4N3O4S2/c30-23-14-19(29(32,33)34)15-35-24(23)16-36-27(38)18-3-8-25-22(13-18)28(9-11-42(39)12-10-28)26(17-1-2-17)37(25)43(40,41)21-6-4-20(31)5-7-21/h3-8,13-15,17,26H,1-2,9-12,16H2,(H,36,38). The number of hydrogen-bond acceptors (Lipinski definition) is 5. The summed E-state index contributed by atoms with van der Waals surface area (Å²) in [5.74, 6) is -0.255. The molecular formula is C29H26ClF4N3O4S2. The third-order valence-electron chi connectivity index (χ3n) is 8.50. The van der Waals surface area contributed by atoms with Crippen molar-refractivity contribution >= 4 is 44.0 Å². The second kappa shape index (κ2) is 10.8. The van der Waals surface area contributed by atoms with Crippen LogP contribution in [-0.2, 0) is 39.0 Å². The largest absolute Gasteiger partial charge is 0.417 e. The Balaban J connectivity index is 1.36. The molecule has 1 aromatic heterocycles.